The van der Waals surface area contributed by atoms with Crippen LogP contribution in [0.3, 0.4) is 0 Å². The Bertz CT molecular complexity index is 1200. The number of rotatable bonds is 6. The van der Waals surface area contributed by atoms with Crippen LogP contribution in [0.4, 0.5) is 21.6 Å². The number of thiophene rings is 1. The van der Waals surface area contributed by atoms with Crippen LogP contribution in [-0.4, -0.2) is 30.0 Å². The molecule has 0 aliphatic heterocycles. The summed E-state index contributed by atoms with van der Waals surface area (Å²) in [6, 6.07) is 2.48. The minimum Gasteiger partial charge on any atom is -0.382 e. The minimum absolute atomic E-state index is 0.0867. The fraction of sp³-hybridized carbons (Fsp3) is 0.235. The number of anilines is 3. The van der Waals surface area contributed by atoms with E-state index in [4.69, 9.17) is 17.3 Å². The van der Waals surface area contributed by atoms with E-state index in [1.54, 1.807) is 13.8 Å². The molecule has 0 unspecified atom stereocenters. The summed E-state index contributed by atoms with van der Waals surface area (Å²) in [6.45, 7) is 3.45. The number of carbonyl (C=O) groups excluding carboxylic acids is 1. The zero-order valence-corrected chi connectivity index (χ0v) is 17.8. The fourth-order valence-electron chi connectivity index (χ4n) is 2.60. The number of nitrogens with two attached hydrogens (primary N) is 1. The molecule has 1 aromatic carbocycles. The number of benzene rings is 1. The first-order chi connectivity index (χ1) is 13.6. The molecule has 0 spiro atoms. The molecule has 0 saturated carbocycles. The zero-order chi connectivity index (χ0) is 21.3. The lowest BCUT2D eigenvalue weighted by atomic mass is 10.2. The summed E-state index contributed by atoms with van der Waals surface area (Å²) in [5.74, 6) is -1.77. The first kappa shape index (κ1) is 21.2. The Hall–Kier alpha value is -2.50. The van der Waals surface area contributed by atoms with Crippen molar-refractivity contribution >= 4 is 66.3 Å². The van der Waals surface area contributed by atoms with Gasteiger partial charge in [0.15, 0.2) is 5.82 Å². The number of amides is 1. The molecule has 0 saturated heterocycles. The molecule has 4 N–H and O–H groups in total. The van der Waals surface area contributed by atoms with E-state index in [0.717, 1.165) is 0 Å². The highest BCUT2D eigenvalue weighted by Crippen LogP contribution is 2.33. The molecular weight excluding hydrogens is 441 g/mol. The van der Waals surface area contributed by atoms with Gasteiger partial charge in [-0.05, 0) is 18.1 Å². The van der Waals surface area contributed by atoms with E-state index in [1.165, 1.54) is 35.2 Å². The van der Waals surface area contributed by atoms with Crippen molar-refractivity contribution in [3.05, 3.63) is 40.2 Å². The number of hydrogen-bond acceptors (Lipinski definition) is 7. The second kappa shape index (κ2) is 8.09. The van der Waals surface area contributed by atoms with Crippen LogP contribution in [0.1, 0.15) is 24.2 Å². The third-order valence-electron chi connectivity index (χ3n) is 3.77. The summed E-state index contributed by atoms with van der Waals surface area (Å²) >= 11 is 7.21. The van der Waals surface area contributed by atoms with Crippen LogP contribution in [-0.2, 0) is 10.0 Å². The van der Waals surface area contributed by atoms with E-state index in [0.29, 0.717) is 10.2 Å². The van der Waals surface area contributed by atoms with Crippen molar-refractivity contribution in [2.24, 2.45) is 5.92 Å². The van der Waals surface area contributed by atoms with Gasteiger partial charge in [0, 0.05) is 5.38 Å². The molecule has 1 amide bonds. The predicted molar refractivity (Wildman–Crippen MR) is 113 cm³/mol. The number of sulfonamides is 1. The van der Waals surface area contributed by atoms with Gasteiger partial charge in [0.25, 0.3) is 5.91 Å². The summed E-state index contributed by atoms with van der Waals surface area (Å²) in [6.07, 6.45) is 1.22. The summed E-state index contributed by atoms with van der Waals surface area (Å²) in [5.41, 5.74) is 5.60. The molecular formula is C17H17ClFN5O3S2. The van der Waals surface area contributed by atoms with Crippen molar-refractivity contribution in [1.29, 1.82) is 0 Å². The maximum Gasteiger partial charge on any atom is 0.258 e. The van der Waals surface area contributed by atoms with E-state index in [9.17, 15) is 17.6 Å². The van der Waals surface area contributed by atoms with Crippen LogP contribution in [0.25, 0.3) is 10.2 Å². The molecule has 0 aliphatic carbocycles. The van der Waals surface area contributed by atoms with Crippen molar-refractivity contribution in [3.63, 3.8) is 0 Å². The minimum atomic E-state index is -3.77. The lowest BCUT2D eigenvalue weighted by Crippen LogP contribution is -2.21. The molecule has 0 bridgehead atoms. The van der Waals surface area contributed by atoms with Crippen LogP contribution in [0.2, 0.25) is 5.02 Å². The van der Waals surface area contributed by atoms with Crippen LogP contribution in [0.15, 0.2) is 23.8 Å². The van der Waals surface area contributed by atoms with Gasteiger partial charge in [-0.25, -0.2) is 22.8 Å². The Morgan fingerprint density at radius 2 is 2.07 bits per heavy atom. The summed E-state index contributed by atoms with van der Waals surface area (Å²) in [5, 5.41) is 3.82. The van der Waals surface area contributed by atoms with E-state index in [-0.39, 0.29) is 39.4 Å². The number of nitrogen functional groups attached to an aromatic ring is 1. The standard InChI is InChI=1S/C17H17ClFN5O3S2/c1-8(2)6-29(26,27)24-11-4-3-10(18)14(12(11)19)23-17(25)9-5-28-15-13(9)21-7-22-16(15)20/h3-5,7-8,24H,6H2,1-2H3,(H,23,25)(H2,20,21,22). The van der Waals surface area contributed by atoms with Crippen LogP contribution < -0.4 is 15.8 Å². The maximum atomic E-state index is 14.9. The Kier molecular flexibility index (Phi) is 5.92. The fourth-order valence-corrected chi connectivity index (χ4v) is 5.15. The van der Waals surface area contributed by atoms with Crippen LogP contribution in [0.5, 0.6) is 0 Å². The largest absolute Gasteiger partial charge is 0.382 e. The van der Waals surface area contributed by atoms with Crippen LogP contribution in [0, 0.1) is 11.7 Å². The van der Waals surface area contributed by atoms with Gasteiger partial charge in [-0.3, -0.25) is 9.52 Å². The second-order valence-electron chi connectivity index (χ2n) is 6.60. The van der Waals surface area contributed by atoms with Gasteiger partial charge in [-0.2, -0.15) is 0 Å². The topological polar surface area (TPSA) is 127 Å². The highest BCUT2D eigenvalue weighted by Gasteiger charge is 2.22. The maximum absolute atomic E-state index is 14.9. The molecule has 0 radical (unpaired) electrons. The first-order valence-electron chi connectivity index (χ1n) is 8.36. The Morgan fingerprint density at radius 1 is 1.34 bits per heavy atom. The lowest BCUT2D eigenvalue weighted by Gasteiger charge is -2.14. The van der Waals surface area contributed by atoms with Gasteiger partial charge in [0.1, 0.15) is 12.1 Å². The summed E-state index contributed by atoms with van der Waals surface area (Å²) in [7, 11) is -3.77. The molecule has 29 heavy (non-hydrogen) atoms. The molecule has 0 aliphatic rings. The van der Waals surface area contributed by atoms with Crippen molar-refractivity contribution in [1.82, 2.24) is 9.97 Å². The van der Waals surface area contributed by atoms with Gasteiger partial charge in [-0.1, -0.05) is 25.4 Å². The summed E-state index contributed by atoms with van der Waals surface area (Å²) in [4.78, 5) is 20.6. The van der Waals surface area contributed by atoms with E-state index in [1.807, 2.05) is 0 Å². The molecule has 2 aromatic heterocycles. The van der Waals surface area contributed by atoms with Crippen LogP contribution >= 0.6 is 22.9 Å². The zero-order valence-electron chi connectivity index (χ0n) is 15.4. The van der Waals surface area contributed by atoms with Crippen molar-refractivity contribution in [3.8, 4) is 0 Å². The third-order valence-corrected chi connectivity index (χ3v) is 6.72. The molecule has 154 valence electrons. The molecule has 8 nitrogen and oxygen atoms in total. The van der Waals surface area contributed by atoms with Gasteiger partial charge in [-0.15, -0.1) is 11.3 Å². The number of nitrogens with one attached hydrogen (secondary N) is 2. The summed E-state index contributed by atoms with van der Waals surface area (Å²) < 4.78 is 41.9. The van der Waals surface area contributed by atoms with E-state index >= 15 is 0 Å². The second-order valence-corrected chi connectivity index (χ2v) is 9.66. The SMILES string of the molecule is CC(C)CS(=O)(=O)Nc1ccc(Cl)c(NC(=O)c2csc3c(N)ncnc23)c1F. The molecule has 3 rings (SSSR count). The van der Waals surface area contributed by atoms with E-state index < -0.39 is 21.7 Å². The number of halogens is 2. The van der Waals surface area contributed by atoms with Gasteiger partial charge >= 0.3 is 0 Å². The quantitative estimate of drug-likeness (QED) is 0.517. The van der Waals surface area contributed by atoms with Gasteiger partial charge in [0.2, 0.25) is 10.0 Å². The number of hydrogen-bond donors (Lipinski definition) is 3. The smallest absolute Gasteiger partial charge is 0.258 e. The van der Waals surface area contributed by atoms with Gasteiger partial charge < -0.3 is 11.1 Å². The highest BCUT2D eigenvalue weighted by atomic mass is 35.5. The predicted octanol–water partition coefficient (Wildman–Crippen LogP) is 3.72. The Morgan fingerprint density at radius 3 is 2.76 bits per heavy atom. The Labute approximate surface area is 175 Å². The number of fused-ring (bicyclic) bond motifs is 1. The highest BCUT2D eigenvalue weighted by molar-refractivity contribution is 7.92. The molecule has 0 fully saturated rings. The monoisotopic (exact) mass is 457 g/mol. The number of carbonyl (C=O) groups is 1. The van der Waals surface area contributed by atoms with Gasteiger partial charge in [0.05, 0.1) is 37.9 Å². The number of nitrogens with zero attached hydrogens (tertiary/aromatic N) is 2. The average Bonchev–Trinajstić information content (AvgIpc) is 3.05. The molecule has 12 heteroatoms. The molecule has 3 aromatic rings. The van der Waals surface area contributed by atoms with Crippen molar-refractivity contribution < 1.29 is 17.6 Å². The normalized spacial score (nSPS) is 11.8. The van der Waals surface area contributed by atoms with Crippen molar-refractivity contribution in [2.75, 3.05) is 21.5 Å². The van der Waals surface area contributed by atoms with Crippen molar-refractivity contribution in [2.45, 2.75) is 13.8 Å². The number of aromatic nitrogens is 2. The third kappa shape index (κ3) is 4.57. The molecule has 2 heterocycles. The average molecular weight is 458 g/mol. The first-order valence-corrected chi connectivity index (χ1v) is 11.3. The Balaban J connectivity index is 1.92. The molecule has 0 atom stereocenters. The lowest BCUT2D eigenvalue weighted by molar-refractivity contribution is 0.102. The van der Waals surface area contributed by atoms with E-state index in [2.05, 4.69) is 20.0 Å².